The van der Waals surface area contributed by atoms with E-state index in [1.54, 1.807) is 6.33 Å². The Bertz CT molecular complexity index is 1460. The van der Waals surface area contributed by atoms with E-state index in [-0.39, 0.29) is 0 Å². The summed E-state index contributed by atoms with van der Waals surface area (Å²) in [6, 6.07) is 7.08. The molecule has 196 valence electrons. The molecular formula is C29H38N6OS. The van der Waals surface area contributed by atoms with Crippen LogP contribution in [0.5, 0.6) is 0 Å². The van der Waals surface area contributed by atoms with Crippen molar-refractivity contribution in [2.45, 2.75) is 58.8 Å². The first-order valence-corrected chi connectivity index (χ1v) is 15.0. The number of piperidine rings is 1. The van der Waals surface area contributed by atoms with Gasteiger partial charge in [0.2, 0.25) is 0 Å². The molecular weight excluding hydrogens is 480 g/mol. The molecule has 0 spiro atoms. The van der Waals surface area contributed by atoms with Crippen molar-refractivity contribution >= 4 is 27.5 Å². The van der Waals surface area contributed by atoms with E-state index >= 15 is 0 Å². The lowest BCUT2D eigenvalue weighted by Crippen LogP contribution is -2.38. The molecule has 4 aromatic rings. The number of aromatic nitrogens is 4. The van der Waals surface area contributed by atoms with Crippen molar-refractivity contribution in [1.82, 2.24) is 28.8 Å². The number of nitrogens with one attached hydrogen (secondary N) is 1. The van der Waals surface area contributed by atoms with E-state index in [2.05, 4.69) is 76.5 Å². The second-order valence-electron chi connectivity index (χ2n) is 11.2. The van der Waals surface area contributed by atoms with Crippen molar-refractivity contribution < 1.29 is 4.21 Å². The standard InChI is InChI=1S/C29H38N6OS/c1-19(2)27-24-16-23(22-8-11-33(12-9-22)13-14-35-10-5-15-37(35)36)6-7-26(24)31-28(27)25-17-34-18-30-32-29(34)21(4)20(25)3/h6-7,16-19,22,31H,5,8-15H2,1-4H3. The molecule has 6 rings (SSSR count). The van der Waals surface area contributed by atoms with Gasteiger partial charge < -0.3 is 9.88 Å². The number of benzene rings is 1. The van der Waals surface area contributed by atoms with Gasteiger partial charge in [0.25, 0.3) is 0 Å². The number of H-pyrrole nitrogens is 1. The van der Waals surface area contributed by atoms with E-state index in [9.17, 15) is 4.21 Å². The van der Waals surface area contributed by atoms with Crippen molar-refractivity contribution in [3.63, 3.8) is 0 Å². The normalized spacial score (nSPS) is 20.2. The van der Waals surface area contributed by atoms with Crippen LogP contribution in [0.4, 0.5) is 0 Å². The monoisotopic (exact) mass is 518 g/mol. The van der Waals surface area contributed by atoms with Crippen LogP contribution < -0.4 is 0 Å². The highest BCUT2D eigenvalue weighted by atomic mass is 32.2. The number of pyridine rings is 1. The van der Waals surface area contributed by atoms with Gasteiger partial charge in [-0.25, -0.2) is 8.51 Å². The molecule has 1 atom stereocenters. The Morgan fingerprint density at radius 1 is 1.11 bits per heavy atom. The number of likely N-dealkylation sites (tertiary alicyclic amines) is 1. The van der Waals surface area contributed by atoms with Crippen LogP contribution in [-0.4, -0.2) is 71.5 Å². The fraction of sp³-hybridized carbons (Fsp3) is 0.517. The summed E-state index contributed by atoms with van der Waals surface area (Å²) >= 11 is 0. The molecule has 0 saturated carbocycles. The minimum absolute atomic E-state index is 0.397. The molecule has 3 aromatic heterocycles. The van der Waals surface area contributed by atoms with Crippen LogP contribution in [0, 0.1) is 13.8 Å². The van der Waals surface area contributed by atoms with Gasteiger partial charge in [-0.1, -0.05) is 19.9 Å². The minimum atomic E-state index is -0.745. The number of rotatable bonds is 6. The molecule has 0 bridgehead atoms. The van der Waals surface area contributed by atoms with E-state index in [0.717, 1.165) is 50.5 Å². The van der Waals surface area contributed by atoms with Gasteiger partial charge in [-0.15, -0.1) is 10.2 Å². The van der Waals surface area contributed by atoms with Crippen molar-refractivity contribution in [1.29, 1.82) is 0 Å². The third-order valence-corrected chi connectivity index (χ3v) is 10.2. The molecule has 1 unspecified atom stereocenters. The van der Waals surface area contributed by atoms with Crippen molar-refractivity contribution in [2.75, 3.05) is 38.5 Å². The molecule has 1 aromatic carbocycles. The summed E-state index contributed by atoms with van der Waals surface area (Å²) in [5, 5.41) is 9.78. The molecule has 2 saturated heterocycles. The lowest BCUT2D eigenvalue weighted by molar-refractivity contribution is 0.202. The van der Waals surface area contributed by atoms with Gasteiger partial charge in [-0.3, -0.25) is 4.40 Å². The average Bonchev–Trinajstić information content (AvgIpc) is 3.63. The van der Waals surface area contributed by atoms with Gasteiger partial charge in [-0.05, 0) is 92.4 Å². The van der Waals surface area contributed by atoms with E-state index in [1.807, 2.05) is 4.40 Å². The van der Waals surface area contributed by atoms with Crippen LogP contribution in [0.25, 0.3) is 27.8 Å². The third-order valence-electron chi connectivity index (χ3n) is 8.59. The Morgan fingerprint density at radius 3 is 2.65 bits per heavy atom. The molecule has 1 N–H and O–H groups in total. The summed E-state index contributed by atoms with van der Waals surface area (Å²) in [7, 11) is -0.745. The summed E-state index contributed by atoms with van der Waals surface area (Å²) in [6.07, 6.45) is 7.41. The maximum absolute atomic E-state index is 12.0. The largest absolute Gasteiger partial charge is 0.354 e. The van der Waals surface area contributed by atoms with E-state index < -0.39 is 11.0 Å². The zero-order chi connectivity index (χ0) is 25.7. The Hall–Kier alpha value is -2.55. The van der Waals surface area contributed by atoms with Crippen molar-refractivity contribution in [3.8, 4) is 11.3 Å². The van der Waals surface area contributed by atoms with Gasteiger partial charge in [0, 0.05) is 48.1 Å². The van der Waals surface area contributed by atoms with Crippen molar-refractivity contribution in [3.05, 3.63) is 53.0 Å². The summed E-state index contributed by atoms with van der Waals surface area (Å²) in [5.41, 5.74) is 9.84. The predicted molar refractivity (Wildman–Crippen MR) is 151 cm³/mol. The second kappa shape index (κ2) is 9.97. The molecule has 2 aliphatic rings. The molecule has 37 heavy (non-hydrogen) atoms. The molecule has 0 radical (unpaired) electrons. The first kappa shape index (κ1) is 24.8. The highest BCUT2D eigenvalue weighted by molar-refractivity contribution is 7.82. The Morgan fingerprint density at radius 2 is 1.92 bits per heavy atom. The second-order valence-corrected chi connectivity index (χ2v) is 12.7. The van der Waals surface area contributed by atoms with Crippen LogP contribution in [0.15, 0.2) is 30.7 Å². The van der Waals surface area contributed by atoms with Crippen LogP contribution in [-0.2, 0) is 11.0 Å². The summed E-state index contributed by atoms with van der Waals surface area (Å²) in [6.45, 7) is 14.1. The topological polar surface area (TPSA) is 69.5 Å². The lowest BCUT2D eigenvalue weighted by atomic mass is 9.87. The highest BCUT2D eigenvalue weighted by Gasteiger charge is 2.25. The van der Waals surface area contributed by atoms with Gasteiger partial charge >= 0.3 is 0 Å². The fourth-order valence-corrected chi connectivity index (χ4v) is 7.56. The summed E-state index contributed by atoms with van der Waals surface area (Å²) < 4.78 is 16.2. The quantitative estimate of drug-likeness (QED) is 0.383. The smallest absolute Gasteiger partial charge is 0.163 e. The number of hydrogen-bond acceptors (Lipinski definition) is 4. The summed E-state index contributed by atoms with van der Waals surface area (Å²) in [5.74, 6) is 1.84. The zero-order valence-corrected chi connectivity index (χ0v) is 23.3. The number of aromatic amines is 1. The minimum Gasteiger partial charge on any atom is -0.354 e. The maximum atomic E-state index is 12.0. The first-order chi connectivity index (χ1) is 17.9. The lowest BCUT2D eigenvalue weighted by Gasteiger charge is -2.33. The summed E-state index contributed by atoms with van der Waals surface area (Å²) in [4.78, 5) is 6.34. The van der Waals surface area contributed by atoms with Crippen LogP contribution in [0.3, 0.4) is 0 Å². The van der Waals surface area contributed by atoms with Gasteiger partial charge in [-0.2, -0.15) is 0 Å². The van der Waals surface area contributed by atoms with Gasteiger partial charge in [0.1, 0.15) is 6.33 Å². The Balaban J connectivity index is 1.26. The molecule has 5 heterocycles. The van der Waals surface area contributed by atoms with Crippen molar-refractivity contribution in [2.24, 2.45) is 0 Å². The predicted octanol–water partition coefficient (Wildman–Crippen LogP) is 5.17. The zero-order valence-electron chi connectivity index (χ0n) is 22.5. The average molecular weight is 519 g/mol. The van der Waals surface area contributed by atoms with Crippen LogP contribution >= 0.6 is 0 Å². The Kier molecular flexibility index (Phi) is 6.67. The highest BCUT2D eigenvalue weighted by Crippen LogP contribution is 2.40. The van der Waals surface area contributed by atoms with Crippen LogP contribution in [0.2, 0.25) is 0 Å². The molecule has 2 aliphatic heterocycles. The Labute approximate surface area is 221 Å². The van der Waals surface area contributed by atoms with E-state index in [0.29, 0.717) is 11.8 Å². The third kappa shape index (κ3) is 4.53. The molecule has 8 heteroatoms. The van der Waals surface area contributed by atoms with Crippen LogP contribution in [0.1, 0.15) is 67.2 Å². The number of aryl methyl sites for hydroxylation is 1. The van der Waals surface area contributed by atoms with E-state index in [4.69, 9.17) is 0 Å². The van der Waals surface area contributed by atoms with Gasteiger partial charge in [0.15, 0.2) is 5.65 Å². The molecule has 0 amide bonds. The van der Waals surface area contributed by atoms with Gasteiger partial charge in [0.05, 0.1) is 16.7 Å². The maximum Gasteiger partial charge on any atom is 0.163 e. The number of fused-ring (bicyclic) bond motifs is 2. The molecule has 0 aliphatic carbocycles. The molecule has 7 nitrogen and oxygen atoms in total. The number of nitrogens with zero attached hydrogens (tertiary/aromatic N) is 5. The molecule has 2 fully saturated rings. The number of hydrogen-bond donors (Lipinski definition) is 1. The fourth-order valence-electron chi connectivity index (χ4n) is 6.31. The first-order valence-electron chi connectivity index (χ1n) is 13.7. The van der Waals surface area contributed by atoms with E-state index in [1.165, 1.54) is 57.3 Å². The SMILES string of the molecule is Cc1c(-c2[nH]c3ccc(C4CCN(CCN5CCCS5=O)CC4)cc3c2C(C)C)cn2cnnc2c1C.